The summed E-state index contributed by atoms with van der Waals surface area (Å²) in [5.74, 6) is -0.133. The highest BCUT2D eigenvalue weighted by Crippen LogP contribution is 2.43. The molecule has 1 N–H and O–H groups in total. The molecule has 0 aliphatic carbocycles. The maximum Gasteiger partial charge on any atom is 0.333 e. The highest BCUT2D eigenvalue weighted by molar-refractivity contribution is 7.19. The molecule has 0 aliphatic heterocycles. The van der Waals surface area contributed by atoms with Gasteiger partial charge in [0, 0.05) is 24.2 Å². The Labute approximate surface area is 202 Å². The predicted molar refractivity (Wildman–Crippen MR) is 134 cm³/mol. The molecule has 12 heteroatoms. The topological polar surface area (TPSA) is 143 Å². The summed E-state index contributed by atoms with van der Waals surface area (Å²) in [5, 5.41) is 32.8. The van der Waals surface area contributed by atoms with Crippen LogP contribution in [0.5, 0.6) is 0 Å². The Morgan fingerprint density at radius 2 is 1.62 bits per heavy atom. The molecule has 0 spiro atoms. The van der Waals surface area contributed by atoms with Gasteiger partial charge in [0.05, 0.1) is 15.5 Å². The summed E-state index contributed by atoms with van der Waals surface area (Å²) in [6.45, 7) is 11.5. The Bertz CT molecular complexity index is 1070. The number of amides is 1. The van der Waals surface area contributed by atoms with E-state index in [2.05, 4.69) is 20.4 Å². The molecule has 0 radical (unpaired) electrons. The first-order valence-electron chi connectivity index (χ1n) is 11.2. The molecular formula is C22H30N6O5S. The molecule has 0 saturated heterocycles. The predicted octanol–water partition coefficient (Wildman–Crippen LogP) is 6.98. The molecule has 0 saturated carbocycles. The van der Waals surface area contributed by atoms with Gasteiger partial charge in [-0.3, -0.25) is 25.0 Å². The monoisotopic (exact) mass is 490 g/mol. The number of carbonyl (C=O) groups is 1. The Hall–Kier alpha value is -3.41. The van der Waals surface area contributed by atoms with Gasteiger partial charge < -0.3 is 10.2 Å². The van der Waals surface area contributed by atoms with Crippen molar-refractivity contribution in [3.8, 4) is 0 Å². The van der Waals surface area contributed by atoms with Crippen LogP contribution in [0.15, 0.2) is 34.5 Å². The average molecular weight is 491 g/mol. The zero-order valence-corrected chi connectivity index (χ0v) is 20.8. The Morgan fingerprint density at radius 3 is 2.12 bits per heavy atom. The van der Waals surface area contributed by atoms with E-state index in [1.807, 2.05) is 40.7 Å². The zero-order valence-electron chi connectivity index (χ0n) is 20.0. The third-order valence-corrected chi connectivity index (χ3v) is 7.13. The lowest BCUT2D eigenvalue weighted by Gasteiger charge is -2.29. The molecule has 0 bridgehead atoms. The first kappa shape index (κ1) is 26.8. The highest BCUT2D eigenvalue weighted by Gasteiger charge is 2.33. The van der Waals surface area contributed by atoms with Crippen molar-refractivity contribution in [2.75, 3.05) is 23.3 Å². The van der Waals surface area contributed by atoms with Crippen molar-refractivity contribution in [2.24, 2.45) is 15.6 Å². The van der Waals surface area contributed by atoms with Crippen LogP contribution in [0.4, 0.5) is 32.8 Å². The molecule has 2 aromatic rings. The van der Waals surface area contributed by atoms with E-state index in [1.165, 1.54) is 0 Å². The fraction of sp³-hybridized carbons (Fsp3) is 0.500. The summed E-state index contributed by atoms with van der Waals surface area (Å²) in [4.78, 5) is 36.3. The number of rotatable bonds is 12. The lowest BCUT2D eigenvalue weighted by atomic mass is 9.79. The van der Waals surface area contributed by atoms with Crippen molar-refractivity contribution in [1.29, 1.82) is 0 Å². The summed E-state index contributed by atoms with van der Waals surface area (Å²) in [6, 6.07) is 6.17. The highest BCUT2D eigenvalue weighted by atomic mass is 32.1. The van der Waals surface area contributed by atoms with E-state index < -0.39 is 26.0 Å². The Kier molecular flexibility index (Phi) is 9.19. The third kappa shape index (κ3) is 5.74. The summed E-state index contributed by atoms with van der Waals surface area (Å²) >= 11 is 0.569. The number of nitrogens with zero attached hydrogens (tertiary/aromatic N) is 5. The van der Waals surface area contributed by atoms with Crippen LogP contribution in [-0.2, 0) is 4.79 Å². The lowest BCUT2D eigenvalue weighted by Crippen LogP contribution is -2.34. The molecule has 1 amide bonds. The normalized spacial score (nSPS) is 11.6. The van der Waals surface area contributed by atoms with E-state index in [0.29, 0.717) is 42.0 Å². The smallest absolute Gasteiger partial charge is 0.333 e. The third-order valence-electron chi connectivity index (χ3n) is 6.17. The summed E-state index contributed by atoms with van der Waals surface area (Å²) in [5.41, 5.74) is 0.575. The second kappa shape index (κ2) is 11.6. The molecule has 0 aliphatic rings. The fourth-order valence-corrected chi connectivity index (χ4v) is 4.50. The lowest BCUT2D eigenvalue weighted by molar-refractivity contribution is -0.389. The maximum absolute atomic E-state index is 13.2. The first-order chi connectivity index (χ1) is 16.2. The van der Waals surface area contributed by atoms with Gasteiger partial charge in [0.2, 0.25) is 10.9 Å². The van der Waals surface area contributed by atoms with E-state index in [-0.39, 0.29) is 10.9 Å². The average Bonchev–Trinajstić information content (AvgIpc) is 3.26. The quantitative estimate of drug-likeness (QED) is 0.193. The van der Waals surface area contributed by atoms with Gasteiger partial charge in [-0.25, -0.2) is 0 Å². The van der Waals surface area contributed by atoms with E-state index in [4.69, 9.17) is 0 Å². The standard InChI is InChI=1S/C22H30N6O5S/c1-6-22(7-2,8-3)21(29)23-17-13-15(26(9-4)10-5)11-12-16(17)24-25-20-18(27(30)31)14-19(34-20)28(32)33/h11-14H,6-10H2,1-5H3,(H,23,29). The number of nitrogens with one attached hydrogen (secondary N) is 1. The van der Waals surface area contributed by atoms with Crippen molar-refractivity contribution in [2.45, 2.75) is 53.9 Å². The molecule has 184 valence electrons. The van der Waals surface area contributed by atoms with Crippen LogP contribution in [0.1, 0.15) is 53.9 Å². The molecule has 11 nitrogen and oxygen atoms in total. The number of azo groups is 1. The molecule has 34 heavy (non-hydrogen) atoms. The van der Waals surface area contributed by atoms with Gasteiger partial charge >= 0.3 is 10.7 Å². The van der Waals surface area contributed by atoms with E-state index >= 15 is 0 Å². The summed E-state index contributed by atoms with van der Waals surface area (Å²) in [7, 11) is 0. The van der Waals surface area contributed by atoms with Gasteiger partial charge in [-0.2, -0.15) is 0 Å². The molecule has 0 unspecified atom stereocenters. The molecule has 1 aromatic heterocycles. The number of benzene rings is 1. The number of nitro groups is 2. The fourth-order valence-electron chi connectivity index (χ4n) is 3.73. The minimum absolute atomic E-state index is 0.133. The van der Waals surface area contributed by atoms with Crippen LogP contribution < -0.4 is 10.2 Å². The van der Waals surface area contributed by atoms with Gasteiger partial charge in [-0.15, -0.1) is 10.2 Å². The van der Waals surface area contributed by atoms with E-state index in [0.717, 1.165) is 24.8 Å². The maximum atomic E-state index is 13.2. The van der Waals surface area contributed by atoms with Crippen LogP contribution >= 0.6 is 11.3 Å². The van der Waals surface area contributed by atoms with Crippen molar-refractivity contribution in [3.63, 3.8) is 0 Å². The van der Waals surface area contributed by atoms with Gasteiger partial charge in [-0.05, 0) is 62.6 Å². The van der Waals surface area contributed by atoms with Crippen LogP contribution in [-0.4, -0.2) is 28.8 Å². The SMILES string of the molecule is CCN(CC)c1ccc(N=Nc2sc([N+](=O)[O-])cc2[N+](=O)[O-])c(NC(=O)C(CC)(CC)CC)c1. The van der Waals surface area contributed by atoms with E-state index in [1.54, 1.807) is 12.1 Å². The minimum atomic E-state index is -0.734. The Morgan fingerprint density at radius 1 is 1.00 bits per heavy atom. The number of hydrogen-bond acceptors (Lipinski definition) is 9. The number of hydrogen-bond donors (Lipinski definition) is 1. The summed E-state index contributed by atoms with van der Waals surface area (Å²) in [6.07, 6.45) is 2.01. The van der Waals surface area contributed by atoms with Crippen LogP contribution in [0.2, 0.25) is 0 Å². The number of anilines is 2. The van der Waals surface area contributed by atoms with Gasteiger partial charge in [-0.1, -0.05) is 20.8 Å². The molecule has 2 rings (SSSR count). The van der Waals surface area contributed by atoms with Crippen molar-refractivity contribution in [3.05, 3.63) is 44.5 Å². The molecule has 0 fully saturated rings. The molecular weight excluding hydrogens is 460 g/mol. The number of thiophene rings is 1. The van der Waals surface area contributed by atoms with Crippen LogP contribution in [0.3, 0.4) is 0 Å². The molecule has 0 atom stereocenters. The van der Waals surface area contributed by atoms with Crippen LogP contribution in [0, 0.1) is 25.6 Å². The van der Waals surface area contributed by atoms with Crippen LogP contribution in [0.25, 0.3) is 0 Å². The first-order valence-corrected chi connectivity index (χ1v) is 12.0. The van der Waals surface area contributed by atoms with Crippen molar-refractivity contribution < 1.29 is 14.6 Å². The van der Waals surface area contributed by atoms with Gasteiger partial charge in [0.15, 0.2) is 0 Å². The second-order valence-corrected chi connectivity index (χ2v) is 8.67. The zero-order chi connectivity index (χ0) is 25.5. The summed E-state index contributed by atoms with van der Waals surface area (Å²) < 4.78 is 0. The van der Waals surface area contributed by atoms with Crippen molar-refractivity contribution >= 4 is 50.0 Å². The van der Waals surface area contributed by atoms with E-state index in [9.17, 15) is 25.0 Å². The molecule has 1 aromatic carbocycles. The minimum Gasteiger partial charge on any atom is -0.372 e. The second-order valence-electron chi connectivity index (χ2n) is 7.66. The number of carbonyl (C=O) groups excluding carboxylic acids is 1. The van der Waals surface area contributed by atoms with Gasteiger partial charge in [0.25, 0.3) is 0 Å². The largest absolute Gasteiger partial charge is 0.372 e. The van der Waals surface area contributed by atoms with Crippen molar-refractivity contribution in [1.82, 2.24) is 0 Å². The molecule has 1 heterocycles. The van der Waals surface area contributed by atoms with Gasteiger partial charge in [0.1, 0.15) is 11.8 Å². The Balaban J connectivity index is 2.55.